The minimum Gasteiger partial charge on any atom is -0.481 e. The lowest BCUT2D eigenvalue weighted by Gasteiger charge is -2.47. The third-order valence-electron chi connectivity index (χ3n) is 6.40. The van der Waals surface area contributed by atoms with E-state index in [2.05, 4.69) is 11.8 Å². The number of aliphatic carboxylic acids is 1. The molecule has 3 heteroatoms. The number of hydrogen-bond acceptors (Lipinski definition) is 2. The Morgan fingerprint density at radius 2 is 1.90 bits per heavy atom. The Bertz CT molecular complexity index is 370. The van der Waals surface area contributed by atoms with Crippen LogP contribution in [0.15, 0.2) is 0 Å². The quantitative estimate of drug-likeness (QED) is 0.854. The number of carboxylic acids is 1. The number of likely N-dealkylation sites (tertiary alicyclic amines) is 1. The van der Waals surface area contributed by atoms with Crippen LogP contribution in [0.3, 0.4) is 0 Å². The molecule has 0 radical (unpaired) electrons. The van der Waals surface area contributed by atoms with Gasteiger partial charge in [-0.05, 0) is 63.3 Å². The highest BCUT2D eigenvalue weighted by molar-refractivity contribution is 5.71. The zero-order chi connectivity index (χ0) is 14.8. The summed E-state index contributed by atoms with van der Waals surface area (Å²) in [6.45, 7) is 3.40. The van der Waals surface area contributed by atoms with Gasteiger partial charge in [0.15, 0.2) is 0 Å². The molecule has 21 heavy (non-hydrogen) atoms. The van der Waals surface area contributed by atoms with Crippen molar-refractivity contribution >= 4 is 5.97 Å². The summed E-state index contributed by atoms with van der Waals surface area (Å²) in [5, 5.41) is 9.67. The van der Waals surface area contributed by atoms with E-state index in [0.717, 1.165) is 37.6 Å². The van der Waals surface area contributed by atoms with Crippen LogP contribution in [0.4, 0.5) is 0 Å². The van der Waals surface area contributed by atoms with E-state index in [4.69, 9.17) is 0 Å². The van der Waals surface area contributed by atoms with Crippen molar-refractivity contribution in [3.05, 3.63) is 0 Å². The van der Waals surface area contributed by atoms with Crippen LogP contribution >= 0.6 is 0 Å². The van der Waals surface area contributed by atoms with Crippen molar-refractivity contribution in [2.75, 3.05) is 6.54 Å². The predicted molar refractivity (Wildman–Crippen MR) is 84.2 cm³/mol. The van der Waals surface area contributed by atoms with Gasteiger partial charge in [0.05, 0.1) is 5.92 Å². The Labute approximate surface area is 129 Å². The molecule has 1 heterocycles. The summed E-state index contributed by atoms with van der Waals surface area (Å²) in [6, 6.07) is 1.02. The molecule has 2 aliphatic carbocycles. The summed E-state index contributed by atoms with van der Waals surface area (Å²) in [6.07, 6.45) is 12.4. The molecule has 1 saturated heterocycles. The van der Waals surface area contributed by atoms with Crippen LogP contribution < -0.4 is 0 Å². The van der Waals surface area contributed by atoms with Crippen LogP contribution in [0.5, 0.6) is 0 Å². The van der Waals surface area contributed by atoms with Gasteiger partial charge in [0, 0.05) is 12.1 Å². The minimum atomic E-state index is -0.546. The fourth-order valence-electron chi connectivity index (χ4n) is 5.46. The Kier molecular flexibility index (Phi) is 4.88. The van der Waals surface area contributed by atoms with Crippen molar-refractivity contribution in [2.45, 2.75) is 83.2 Å². The number of hydrogen-bond donors (Lipinski definition) is 1. The van der Waals surface area contributed by atoms with Gasteiger partial charge in [-0.15, -0.1) is 0 Å². The molecule has 0 amide bonds. The molecule has 0 aromatic heterocycles. The fourth-order valence-corrected chi connectivity index (χ4v) is 5.46. The molecule has 0 aromatic carbocycles. The van der Waals surface area contributed by atoms with Gasteiger partial charge >= 0.3 is 5.97 Å². The van der Waals surface area contributed by atoms with Crippen molar-refractivity contribution in [2.24, 2.45) is 17.8 Å². The van der Waals surface area contributed by atoms with Crippen LogP contribution in [-0.2, 0) is 4.79 Å². The maximum atomic E-state index is 11.7. The Morgan fingerprint density at radius 3 is 2.67 bits per heavy atom. The highest BCUT2D eigenvalue weighted by atomic mass is 16.4. The molecule has 5 unspecified atom stereocenters. The lowest BCUT2D eigenvalue weighted by Crippen LogP contribution is -2.54. The minimum absolute atomic E-state index is 0.113. The van der Waals surface area contributed by atoms with Crippen molar-refractivity contribution in [1.29, 1.82) is 0 Å². The zero-order valence-corrected chi connectivity index (χ0v) is 13.5. The molecular formula is C18H31NO2. The number of rotatable bonds is 4. The number of carboxylic acid groups (broad SMARTS) is 1. The third kappa shape index (κ3) is 3.13. The number of carbonyl (C=O) groups is 1. The number of piperidine rings is 1. The van der Waals surface area contributed by atoms with E-state index in [9.17, 15) is 9.90 Å². The molecule has 2 saturated carbocycles. The topological polar surface area (TPSA) is 40.5 Å². The molecule has 1 aliphatic heterocycles. The van der Waals surface area contributed by atoms with Crippen molar-refractivity contribution in [3.63, 3.8) is 0 Å². The van der Waals surface area contributed by atoms with Gasteiger partial charge in [0.1, 0.15) is 0 Å². The molecule has 0 bridgehead atoms. The van der Waals surface area contributed by atoms with Gasteiger partial charge in [0.25, 0.3) is 0 Å². The Hall–Kier alpha value is -0.570. The summed E-state index contributed by atoms with van der Waals surface area (Å²) < 4.78 is 0. The first kappa shape index (κ1) is 15.3. The first-order valence-electron chi connectivity index (χ1n) is 9.19. The highest BCUT2D eigenvalue weighted by Gasteiger charge is 2.44. The largest absolute Gasteiger partial charge is 0.481 e. The summed E-state index contributed by atoms with van der Waals surface area (Å²) in [7, 11) is 0. The van der Waals surface area contributed by atoms with Gasteiger partial charge in [0.2, 0.25) is 0 Å². The Morgan fingerprint density at radius 1 is 1.10 bits per heavy atom. The Balaban J connectivity index is 1.75. The van der Waals surface area contributed by atoms with Crippen LogP contribution in [0.25, 0.3) is 0 Å². The maximum absolute atomic E-state index is 11.7. The predicted octanol–water partition coefficient (Wildman–Crippen LogP) is 3.92. The SMILES string of the molecule is CCCC1CCC(C(=O)O)C(N2CCCC3CCCC32)C1. The zero-order valence-electron chi connectivity index (χ0n) is 13.5. The molecule has 3 fully saturated rings. The summed E-state index contributed by atoms with van der Waals surface area (Å²) in [5.74, 6) is 0.963. The van der Waals surface area contributed by atoms with E-state index in [-0.39, 0.29) is 5.92 Å². The normalized spacial score (nSPS) is 40.9. The van der Waals surface area contributed by atoms with Crippen LogP contribution in [0, 0.1) is 17.8 Å². The molecule has 5 atom stereocenters. The standard InChI is InChI=1S/C18H31NO2/c1-2-5-13-9-10-15(18(20)21)17(12-13)19-11-4-7-14-6-3-8-16(14)19/h13-17H,2-12H2,1H3,(H,20,21). The monoisotopic (exact) mass is 293 g/mol. The van der Waals surface area contributed by atoms with E-state index >= 15 is 0 Å². The average Bonchev–Trinajstić information content (AvgIpc) is 2.95. The van der Waals surface area contributed by atoms with Gasteiger partial charge < -0.3 is 5.11 Å². The molecule has 3 rings (SSSR count). The molecule has 0 spiro atoms. The van der Waals surface area contributed by atoms with E-state index in [1.807, 2.05) is 0 Å². The third-order valence-corrected chi connectivity index (χ3v) is 6.40. The van der Waals surface area contributed by atoms with Gasteiger partial charge in [-0.1, -0.05) is 26.2 Å². The highest BCUT2D eigenvalue weighted by Crippen LogP contribution is 2.43. The van der Waals surface area contributed by atoms with E-state index in [1.165, 1.54) is 44.9 Å². The summed E-state index contributed by atoms with van der Waals surface area (Å²) >= 11 is 0. The van der Waals surface area contributed by atoms with Crippen LogP contribution in [0.2, 0.25) is 0 Å². The van der Waals surface area contributed by atoms with Crippen LogP contribution in [-0.4, -0.2) is 34.6 Å². The van der Waals surface area contributed by atoms with E-state index < -0.39 is 5.97 Å². The lowest BCUT2D eigenvalue weighted by molar-refractivity contribution is -0.147. The molecule has 120 valence electrons. The molecular weight excluding hydrogens is 262 g/mol. The van der Waals surface area contributed by atoms with Gasteiger partial charge in [-0.3, -0.25) is 9.69 Å². The van der Waals surface area contributed by atoms with Crippen molar-refractivity contribution in [3.8, 4) is 0 Å². The summed E-state index contributed by atoms with van der Waals surface area (Å²) in [4.78, 5) is 14.4. The number of fused-ring (bicyclic) bond motifs is 1. The van der Waals surface area contributed by atoms with Gasteiger partial charge in [-0.2, -0.15) is 0 Å². The summed E-state index contributed by atoms with van der Waals surface area (Å²) in [5.41, 5.74) is 0. The van der Waals surface area contributed by atoms with Crippen LogP contribution in [0.1, 0.15) is 71.1 Å². The second-order valence-electron chi connectivity index (χ2n) is 7.62. The molecule has 3 aliphatic rings. The smallest absolute Gasteiger partial charge is 0.308 e. The average molecular weight is 293 g/mol. The first-order valence-corrected chi connectivity index (χ1v) is 9.19. The number of nitrogens with zero attached hydrogens (tertiary/aromatic N) is 1. The molecule has 0 aromatic rings. The fraction of sp³-hybridized carbons (Fsp3) is 0.944. The van der Waals surface area contributed by atoms with E-state index in [0.29, 0.717) is 12.1 Å². The van der Waals surface area contributed by atoms with Crippen molar-refractivity contribution < 1.29 is 9.90 Å². The second kappa shape index (κ2) is 6.68. The second-order valence-corrected chi connectivity index (χ2v) is 7.62. The molecule has 1 N–H and O–H groups in total. The lowest BCUT2D eigenvalue weighted by atomic mass is 9.74. The first-order chi connectivity index (χ1) is 10.2. The van der Waals surface area contributed by atoms with Crippen molar-refractivity contribution in [1.82, 2.24) is 4.90 Å². The van der Waals surface area contributed by atoms with Gasteiger partial charge in [-0.25, -0.2) is 0 Å². The maximum Gasteiger partial charge on any atom is 0.308 e. The van der Waals surface area contributed by atoms with E-state index in [1.54, 1.807) is 0 Å². The molecule has 3 nitrogen and oxygen atoms in total.